The van der Waals surface area contributed by atoms with Crippen molar-refractivity contribution in [3.63, 3.8) is 0 Å². The smallest absolute Gasteiger partial charge is 0.407 e. The maximum absolute atomic E-state index is 14.0. The molecule has 4 rings (SSSR count). The number of rotatable bonds is 16. The van der Waals surface area contributed by atoms with Crippen molar-refractivity contribution in [3.8, 4) is 11.3 Å². The van der Waals surface area contributed by atoms with Crippen LogP contribution in [0, 0.1) is 11.3 Å². The third-order valence-corrected chi connectivity index (χ3v) is 9.61. The molecular formula is C40H54N6O6. The molecule has 5 N–H and O–H groups in total. The number of nitrogens with one attached hydrogen (secondary N) is 4. The molecule has 280 valence electrons. The van der Waals surface area contributed by atoms with Gasteiger partial charge in [-0.3, -0.25) is 14.6 Å². The van der Waals surface area contributed by atoms with Gasteiger partial charge in [-0.2, -0.15) is 0 Å². The van der Waals surface area contributed by atoms with Crippen LogP contribution >= 0.6 is 0 Å². The molecule has 2 heterocycles. The first-order valence-corrected chi connectivity index (χ1v) is 18.0. The van der Waals surface area contributed by atoms with Crippen LogP contribution in [0.2, 0.25) is 0 Å². The molecular weight excluding hydrogens is 660 g/mol. The van der Waals surface area contributed by atoms with Crippen LogP contribution in [0.5, 0.6) is 0 Å². The van der Waals surface area contributed by atoms with E-state index in [0.717, 1.165) is 22.4 Å². The van der Waals surface area contributed by atoms with E-state index in [-0.39, 0.29) is 24.3 Å². The van der Waals surface area contributed by atoms with E-state index in [1.807, 2.05) is 107 Å². The number of hydrogen-bond donors (Lipinski definition) is 5. The fourth-order valence-electron chi connectivity index (χ4n) is 6.52. The summed E-state index contributed by atoms with van der Waals surface area (Å²) in [6.45, 7) is 10.3. The number of carbonyl (C=O) groups excluding carboxylic acids is 4. The van der Waals surface area contributed by atoms with E-state index in [9.17, 15) is 24.3 Å². The Morgan fingerprint density at radius 3 is 2.17 bits per heavy atom. The number of urea groups is 1. The Morgan fingerprint density at radius 1 is 0.923 bits per heavy atom. The molecule has 1 aliphatic rings. The van der Waals surface area contributed by atoms with Crippen LogP contribution in [-0.2, 0) is 27.2 Å². The van der Waals surface area contributed by atoms with Crippen molar-refractivity contribution in [1.82, 2.24) is 31.2 Å². The molecule has 6 atom stereocenters. The van der Waals surface area contributed by atoms with Crippen LogP contribution in [0.4, 0.5) is 9.59 Å². The molecule has 0 spiro atoms. The Labute approximate surface area is 307 Å². The zero-order valence-corrected chi connectivity index (χ0v) is 31.1. The van der Waals surface area contributed by atoms with Gasteiger partial charge < -0.3 is 36.0 Å². The molecule has 1 fully saturated rings. The minimum Gasteiger partial charge on any atom is -0.453 e. The summed E-state index contributed by atoms with van der Waals surface area (Å²) in [7, 11) is 1.24. The molecule has 0 aliphatic carbocycles. The lowest BCUT2D eigenvalue weighted by Crippen LogP contribution is -2.58. The number of benzene rings is 2. The molecule has 12 heteroatoms. The summed E-state index contributed by atoms with van der Waals surface area (Å²) in [4.78, 5) is 58.9. The van der Waals surface area contributed by atoms with Crippen LogP contribution in [0.3, 0.4) is 0 Å². The standard InChI is InChI=1S/C40H54N6O6/c1-7-26(2)34(46-22-21-42-38(46)50)36(48)44-32(24-27-13-9-8-10-14-27)33(47)25-30(43-37(49)35(40(3,4)5)45-39(51)52-6)23-28-16-18-29(19-17-28)31-15-11-12-20-41-31/h8-20,26,30,32-35,47H,7,21-25H2,1-6H3,(H,42,50)(H,43,49)(H,44,48)(H,45,51)/t26-,30+,32-,33-,34-,35+/m0/s1. The number of aromatic nitrogens is 1. The van der Waals surface area contributed by atoms with Gasteiger partial charge in [-0.15, -0.1) is 0 Å². The Morgan fingerprint density at radius 2 is 1.60 bits per heavy atom. The summed E-state index contributed by atoms with van der Waals surface area (Å²) in [5.41, 5.74) is 2.92. The van der Waals surface area contributed by atoms with Crippen LogP contribution in [0.1, 0.15) is 58.6 Å². The highest BCUT2D eigenvalue weighted by atomic mass is 16.5. The molecule has 52 heavy (non-hydrogen) atoms. The summed E-state index contributed by atoms with van der Waals surface area (Å²) in [5.74, 6) is -0.899. The van der Waals surface area contributed by atoms with Crippen molar-refractivity contribution in [3.05, 3.63) is 90.1 Å². The predicted octanol–water partition coefficient (Wildman–Crippen LogP) is 4.47. The van der Waals surface area contributed by atoms with Crippen molar-refractivity contribution in [2.45, 2.75) is 90.6 Å². The molecule has 12 nitrogen and oxygen atoms in total. The number of ether oxygens (including phenoxy) is 1. The van der Waals surface area contributed by atoms with Crippen molar-refractivity contribution in [1.29, 1.82) is 0 Å². The fraction of sp³-hybridized carbons (Fsp3) is 0.475. The van der Waals surface area contributed by atoms with Gasteiger partial charge in [0.15, 0.2) is 0 Å². The average Bonchev–Trinajstić information content (AvgIpc) is 3.55. The topological polar surface area (TPSA) is 162 Å². The number of hydrogen-bond acceptors (Lipinski definition) is 7. The Balaban J connectivity index is 1.63. The molecule has 1 aliphatic heterocycles. The van der Waals surface area contributed by atoms with Crippen LogP contribution in [-0.4, -0.2) is 89.4 Å². The number of methoxy groups -OCH3 is 1. The van der Waals surface area contributed by atoms with Gasteiger partial charge in [0.25, 0.3) is 0 Å². The SMILES string of the molecule is CC[C@H](C)[C@@H](C(=O)N[C@@H](Cc1ccccc1)[C@@H](O)C[C@@H](Cc1ccc(-c2ccccn2)cc1)NC(=O)[C@@H](NC(=O)OC)C(C)(C)C)N1CCNC1=O. The first-order valence-electron chi connectivity index (χ1n) is 18.0. The van der Waals surface area contributed by atoms with Gasteiger partial charge in [0.2, 0.25) is 11.8 Å². The lowest BCUT2D eigenvalue weighted by Gasteiger charge is -2.35. The maximum Gasteiger partial charge on any atom is 0.407 e. The monoisotopic (exact) mass is 714 g/mol. The van der Waals surface area contributed by atoms with Crippen molar-refractivity contribution in [2.24, 2.45) is 11.3 Å². The summed E-state index contributed by atoms with van der Waals surface area (Å²) in [6.07, 6.45) is 1.34. The second-order valence-electron chi connectivity index (χ2n) is 14.6. The van der Waals surface area contributed by atoms with Gasteiger partial charge >= 0.3 is 12.1 Å². The van der Waals surface area contributed by atoms with E-state index in [0.29, 0.717) is 32.4 Å². The predicted molar refractivity (Wildman–Crippen MR) is 200 cm³/mol. The number of amides is 5. The molecule has 3 aromatic rings. The van der Waals surface area contributed by atoms with Crippen molar-refractivity contribution in [2.75, 3.05) is 20.2 Å². The van der Waals surface area contributed by atoms with E-state index in [4.69, 9.17) is 4.74 Å². The van der Waals surface area contributed by atoms with Crippen LogP contribution < -0.4 is 21.3 Å². The number of aliphatic hydroxyl groups is 1. The quantitative estimate of drug-likeness (QED) is 0.146. The van der Waals surface area contributed by atoms with Crippen LogP contribution in [0.15, 0.2) is 79.0 Å². The van der Waals surface area contributed by atoms with Gasteiger partial charge in [0.05, 0.1) is 24.9 Å². The highest BCUT2D eigenvalue weighted by molar-refractivity contribution is 5.88. The number of nitrogens with zero attached hydrogens (tertiary/aromatic N) is 2. The first-order chi connectivity index (χ1) is 24.8. The lowest BCUT2D eigenvalue weighted by atomic mass is 9.85. The molecule has 1 aromatic heterocycles. The summed E-state index contributed by atoms with van der Waals surface area (Å²) in [6, 6.07) is 19.8. The van der Waals surface area contributed by atoms with E-state index >= 15 is 0 Å². The molecule has 0 saturated carbocycles. The van der Waals surface area contributed by atoms with Gasteiger partial charge in [-0.05, 0) is 53.9 Å². The third kappa shape index (κ3) is 11.0. The van der Waals surface area contributed by atoms with E-state index in [1.54, 1.807) is 11.1 Å². The van der Waals surface area contributed by atoms with E-state index in [1.165, 1.54) is 7.11 Å². The normalized spacial score (nSPS) is 16.4. The van der Waals surface area contributed by atoms with Gasteiger partial charge in [0, 0.05) is 30.9 Å². The second kappa shape index (κ2) is 18.5. The number of pyridine rings is 1. The van der Waals surface area contributed by atoms with Crippen LogP contribution in [0.25, 0.3) is 11.3 Å². The van der Waals surface area contributed by atoms with Gasteiger partial charge in [-0.25, -0.2) is 9.59 Å². The lowest BCUT2D eigenvalue weighted by molar-refractivity contribution is -0.129. The zero-order valence-electron chi connectivity index (χ0n) is 31.1. The Hall–Kier alpha value is -4.97. The first kappa shape index (κ1) is 39.8. The van der Waals surface area contributed by atoms with Gasteiger partial charge in [-0.1, -0.05) is 102 Å². The number of alkyl carbamates (subject to hydrolysis) is 1. The third-order valence-electron chi connectivity index (χ3n) is 9.61. The molecule has 0 bridgehead atoms. The molecule has 1 saturated heterocycles. The van der Waals surface area contributed by atoms with E-state index in [2.05, 4.69) is 26.3 Å². The van der Waals surface area contributed by atoms with Gasteiger partial charge in [0.1, 0.15) is 12.1 Å². The minimum atomic E-state index is -1.10. The molecule has 2 aromatic carbocycles. The average molecular weight is 715 g/mol. The number of aliphatic hydroxyl groups excluding tert-OH is 1. The maximum atomic E-state index is 14.0. The molecule has 5 amide bonds. The summed E-state index contributed by atoms with van der Waals surface area (Å²) < 4.78 is 4.81. The Kier molecular flexibility index (Phi) is 14.2. The van der Waals surface area contributed by atoms with Crippen molar-refractivity contribution < 1.29 is 29.0 Å². The fourth-order valence-corrected chi connectivity index (χ4v) is 6.52. The summed E-state index contributed by atoms with van der Waals surface area (Å²) in [5, 5.41) is 23.6. The molecule has 0 radical (unpaired) electrons. The Bertz CT molecular complexity index is 1610. The second-order valence-corrected chi connectivity index (χ2v) is 14.6. The number of carbonyl (C=O) groups is 4. The highest BCUT2D eigenvalue weighted by Gasteiger charge is 2.39. The zero-order chi connectivity index (χ0) is 37.8. The minimum absolute atomic E-state index is 0.0821. The molecule has 0 unspecified atom stereocenters. The largest absolute Gasteiger partial charge is 0.453 e. The highest BCUT2D eigenvalue weighted by Crippen LogP contribution is 2.23. The van der Waals surface area contributed by atoms with E-state index < -0.39 is 47.7 Å². The van der Waals surface area contributed by atoms with Crippen molar-refractivity contribution >= 4 is 23.9 Å². The summed E-state index contributed by atoms with van der Waals surface area (Å²) >= 11 is 0.